The predicted molar refractivity (Wildman–Crippen MR) is 128 cm³/mol. The Morgan fingerprint density at radius 1 is 1.00 bits per heavy atom. The average molecular weight is 541 g/mol. The number of halogens is 4. The highest BCUT2D eigenvalue weighted by Gasteiger charge is 2.34. The quantitative estimate of drug-likeness (QED) is 0.470. The van der Waals surface area contributed by atoms with Gasteiger partial charge in [-0.15, -0.1) is 0 Å². The minimum Gasteiger partial charge on any atom is -0.506 e. The van der Waals surface area contributed by atoms with Gasteiger partial charge >= 0.3 is 6.18 Å². The maximum Gasteiger partial charge on any atom is 0.416 e. The van der Waals surface area contributed by atoms with E-state index in [4.69, 9.17) is 11.6 Å². The third-order valence-corrected chi connectivity index (χ3v) is 7.68. The topological polar surface area (TPSA) is 103 Å². The van der Waals surface area contributed by atoms with Crippen molar-refractivity contribution in [2.24, 2.45) is 0 Å². The maximum atomic E-state index is 13.1. The lowest BCUT2D eigenvalue weighted by Gasteiger charge is -2.35. The molecule has 4 rings (SSSR count). The van der Waals surface area contributed by atoms with Crippen LogP contribution in [0.25, 0.3) is 0 Å². The number of nitrogens with zero attached hydrogens (tertiary/aromatic N) is 3. The zero-order valence-electron chi connectivity index (χ0n) is 18.5. The summed E-state index contributed by atoms with van der Waals surface area (Å²) in [5.41, 5.74) is -0.349. The van der Waals surface area contributed by atoms with Crippen LogP contribution in [-0.4, -0.2) is 54.9 Å². The number of nitrogens with one attached hydrogen (secondary N) is 1. The van der Waals surface area contributed by atoms with Crippen molar-refractivity contribution in [3.05, 3.63) is 76.9 Å². The van der Waals surface area contributed by atoms with E-state index in [1.54, 1.807) is 30.3 Å². The Labute approximate surface area is 210 Å². The van der Waals surface area contributed by atoms with Crippen molar-refractivity contribution >= 4 is 39.0 Å². The van der Waals surface area contributed by atoms with Crippen LogP contribution in [0.15, 0.2) is 65.6 Å². The first-order chi connectivity index (χ1) is 16.9. The van der Waals surface area contributed by atoms with Gasteiger partial charge < -0.3 is 15.3 Å². The number of hydrogen-bond acceptors (Lipinski definition) is 6. The van der Waals surface area contributed by atoms with Gasteiger partial charge in [0.25, 0.3) is 5.91 Å². The second kappa shape index (κ2) is 9.96. The number of aromatic hydroxyl groups is 1. The SMILES string of the molecule is O=C(Nc1ccc(S(=O)(=O)N2CCN(c3cc(C(F)(F)F)cc(Cl)n3)CC2)c(O)c1)c1ccccc1. The van der Waals surface area contributed by atoms with Gasteiger partial charge in [-0.3, -0.25) is 4.79 Å². The summed E-state index contributed by atoms with van der Waals surface area (Å²) in [6, 6.07) is 13.6. The molecule has 0 bridgehead atoms. The summed E-state index contributed by atoms with van der Waals surface area (Å²) in [7, 11) is -4.12. The molecule has 2 aromatic carbocycles. The number of hydrogen-bond donors (Lipinski definition) is 2. The Balaban J connectivity index is 1.46. The van der Waals surface area contributed by atoms with Gasteiger partial charge in [-0.25, -0.2) is 13.4 Å². The lowest BCUT2D eigenvalue weighted by atomic mass is 10.2. The molecule has 0 atom stereocenters. The maximum absolute atomic E-state index is 13.1. The number of carbonyl (C=O) groups is 1. The number of alkyl halides is 3. The highest BCUT2D eigenvalue weighted by atomic mass is 35.5. The van der Waals surface area contributed by atoms with E-state index in [-0.39, 0.29) is 47.7 Å². The molecule has 190 valence electrons. The number of aromatic nitrogens is 1. The number of phenols is 1. The minimum absolute atomic E-state index is 0.00627. The van der Waals surface area contributed by atoms with Crippen molar-refractivity contribution in [2.45, 2.75) is 11.1 Å². The fourth-order valence-corrected chi connectivity index (χ4v) is 5.40. The standard InChI is InChI=1S/C23H20ClF3N4O4S/c24-20-12-16(23(25,26)27)13-21(29-20)30-8-10-31(11-9-30)36(34,35)19-7-6-17(14-18(19)32)28-22(33)15-4-2-1-3-5-15/h1-7,12-14,32H,8-11H2,(H,28,33). The van der Waals surface area contributed by atoms with Gasteiger partial charge in [-0.2, -0.15) is 17.5 Å². The molecular weight excluding hydrogens is 521 g/mol. The van der Waals surface area contributed by atoms with Gasteiger partial charge in [-0.1, -0.05) is 29.8 Å². The van der Waals surface area contributed by atoms with E-state index >= 15 is 0 Å². The first-order valence-electron chi connectivity index (χ1n) is 10.6. The zero-order valence-corrected chi connectivity index (χ0v) is 20.1. The van der Waals surface area contributed by atoms with Crippen LogP contribution >= 0.6 is 11.6 Å². The third-order valence-electron chi connectivity index (χ3n) is 5.54. The summed E-state index contributed by atoms with van der Waals surface area (Å²) >= 11 is 5.75. The molecule has 1 fully saturated rings. The van der Waals surface area contributed by atoms with Gasteiger partial charge in [0.05, 0.1) is 5.56 Å². The Kier molecular flexibility index (Phi) is 7.12. The van der Waals surface area contributed by atoms with Crippen molar-refractivity contribution in [3.63, 3.8) is 0 Å². The number of anilines is 2. The number of sulfonamides is 1. The lowest BCUT2D eigenvalue weighted by Crippen LogP contribution is -2.49. The summed E-state index contributed by atoms with van der Waals surface area (Å²) in [6.07, 6.45) is -4.60. The largest absolute Gasteiger partial charge is 0.506 e. The van der Waals surface area contributed by atoms with E-state index in [1.165, 1.54) is 17.0 Å². The summed E-state index contributed by atoms with van der Waals surface area (Å²) in [6.45, 7) is 0.0271. The lowest BCUT2D eigenvalue weighted by molar-refractivity contribution is -0.137. The molecule has 3 aromatic rings. The van der Waals surface area contributed by atoms with Gasteiger partial charge in [0.1, 0.15) is 21.6 Å². The van der Waals surface area contributed by atoms with Crippen molar-refractivity contribution in [3.8, 4) is 5.75 Å². The van der Waals surface area contributed by atoms with Crippen LogP contribution in [0.5, 0.6) is 5.75 Å². The van der Waals surface area contributed by atoms with Crippen molar-refractivity contribution < 1.29 is 31.5 Å². The molecule has 1 saturated heterocycles. The van der Waals surface area contributed by atoms with E-state index in [0.29, 0.717) is 5.56 Å². The first-order valence-corrected chi connectivity index (χ1v) is 12.5. The van der Waals surface area contributed by atoms with Gasteiger partial charge in [0.15, 0.2) is 0 Å². The number of carbonyl (C=O) groups excluding carboxylic acids is 1. The second-order valence-electron chi connectivity index (χ2n) is 7.93. The minimum atomic E-state index is -4.60. The van der Waals surface area contributed by atoms with E-state index in [0.717, 1.165) is 22.5 Å². The Hall–Kier alpha value is -3.35. The molecule has 2 heterocycles. The average Bonchev–Trinajstić information content (AvgIpc) is 2.83. The van der Waals surface area contributed by atoms with Crippen LogP contribution in [0.3, 0.4) is 0 Å². The Morgan fingerprint density at radius 2 is 1.67 bits per heavy atom. The number of benzene rings is 2. The molecule has 0 unspecified atom stereocenters. The van der Waals surface area contributed by atoms with Crippen LogP contribution in [0.1, 0.15) is 15.9 Å². The molecule has 1 aliphatic rings. The smallest absolute Gasteiger partial charge is 0.416 e. The Bertz CT molecular complexity index is 1380. The molecule has 0 saturated carbocycles. The van der Waals surface area contributed by atoms with E-state index in [9.17, 15) is 31.5 Å². The third kappa shape index (κ3) is 5.55. The zero-order chi connectivity index (χ0) is 26.1. The monoisotopic (exact) mass is 540 g/mol. The first kappa shape index (κ1) is 25.7. The predicted octanol–water partition coefficient (Wildman–Crippen LogP) is 4.22. The summed E-state index contributed by atoms with van der Waals surface area (Å²) in [5.74, 6) is -0.979. The number of phenolic OH excluding ortho intramolecular Hbond substituents is 1. The molecule has 2 N–H and O–H groups in total. The molecule has 0 aliphatic carbocycles. The number of piperazine rings is 1. The van der Waals surface area contributed by atoms with E-state index in [2.05, 4.69) is 10.3 Å². The van der Waals surface area contributed by atoms with E-state index in [1.807, 2.05) is 0 Å². The fraction of sp³-hybridized carbons (Fsp3) is 0.217. The summed E-state index contributed by atoms with van der Waals surface area (Å²) < 4.78 is 66.7. The normalized spacial score (nSPS) is 15.1. The summed E-state index contributed by atoms with van der Waals surface area (Å²) in [5, 5.41) is 12.7. The van der Waals surface area contributed by atoms with Crippen LogP contribution in [0, 0.1) is 0 Å². The van der Waals surface area contributed by atoms with Crippen molar-refractivity contribution in [1.82, 2.24) is 9.29 Å². The number of pyridine rings is 1. The number of rotatable bonds is 5. The van der Waals surface area contributed by atoms with Crippen LogP contribution in [-0.2, 0) is 16.2 Å². The van der Waals surface area contributed by atoms with Gasteiger partial charge in [-0.05, 0) is 36.4 Å². The molecular formula is C23H20ClF3N4O4S. The molecule has 1 amide bonds. The molecule has 1 aliphatic heterocycles. The summed E-state index contributed by atoms with van der Waals surface area (Å²) in [4.78, 5) is 17.4. The molecule has 1 aromatic heterocycles. The molecule has 0 spiro atoms. The molecule has 0 radical (unpaired) electrons. The van der Waals surface area contributed by atoms with Gasteiger partial charge in [0, 0.05) is 43.5 Å². The van der Waals surface area contributed by atoms with Crippen molar-refractivity contribution in [2.75, 3.05) is 36.4 Å². The molecule has 13 heteroatoms. The van der Waals surface area contributed by atoms with Crippen LogP contribution in [0.2, 0.25) is 5.15 Å². The second-order valence-corrected chi connectivity index (χ2v) is 10.2. The highest BCUT2D eigenvalue weighted by Crippen LogP contribution is 2.34. The fourth-order valence-electron chi connectivity index (χ4n) is 3.71. The van der Waals surface area contributed by atoms with Crippen LogP contribution in [0.4, 0.5) is 24.7 Å². The van der Waals surface area contributed by atoms with Crippen molar-refractivity contribution in [1.29, 1.82) is 0 Å². The van der Waals surface area contributed by atoms with Crippen LogP contribution < -0.4 is 10.2 Å². The molecule has 36 heavy (non-hydrogen) atoms. The number of amides is 1. The highest BCUT2D eigenvalue weighted by molar-refractivity contribution is 7.89. The van der Waals surface area contributed by atoms with Gasteiger partial charge in [0.2, 0.25) is 10.0 Å². The van der Waals surface area contributed by atoms with E-state index < -0.39 is 33.4 Å². The molecule has 8 nitrogen and oxygen atoms in total. The Morgan fingerprint density at radius 3 is 2.28 bits per heavy atom.